The van der Waals surface area contributed by atoms with Crippen LogP contribution in [0.15, 0.2) is 53.3 Å². The van der Waals surface area contributed by atoms with Gasteiger partial charge in [0.25, 0.3) is 11.2 Å². The zero-order valence-corrected chi connectivity index (χ0v) is 16.4. The Morgan fingerprint density at radius 1 is 1.21 bits per heavy atom. The van der Waals surface area contributed by atoms with E-state index in [1.54, 1.807) is 18.2 Å². The Morgan fingerprint density at radius 3 is 2.62 bits per heavy atom. The Hall–Kier alpha value is -3.59. The van der Waals surface area contributed by atoms with Crippen molar-refractivity contribution >= 4 is 28.1 Å². The number of nitro groups is 1. The summed E-state index contributed by atoms with van der Waals surface area (Å²) in [5.41, 5.74) is 1.01. The lowest BCUT2D eigenvalue weighted by molar-refractivity contribution is -0.384. The molecule has 0 aliphatic rings. The Bertz CT molecular complexity index is 1310. The van der Waals surface area contributed by atoms with Crippen molar-refractivity contribution in [1.82, 2.24) is 14.6 Å². The number of ether oxygens (including phenoxy) is 1. The molecule has 0 aliphatic heterocycles. The number of thiazole rings is 1. The Labute approximate surface area is 168 Å². The predicted molar refractivity (Wildman–Crippen MR) is 110 cm³/mol. The fourth-order valence-corrected chi connectivity index (χ4v) is 3.70. The summed E-state index contributed by atoms with van der Waals surface area (Å²) in [6.07, 6.45) is 1.69. The first-order valence-electron chi connectivity index (χ1n) is 8.83. The van der Waals surface area contributed by atoms with E-state index >= 15 is 0 Å². The minimum Gasteiger partial charge on any atom is -0.491 e. The molecule has 0 atom stereocenters. The Morgan fingerprint density at radius 2 is 1.97 bits per heavy atom. The molecule has 2 aromatic heterocycles. The molecule has 0 aliphatic carbocycles. The fraction of sp³-hybridized carbons (Fsp3) is 0.150. The highest BCUT2D eigenvalue weighted by molar-refractivity contribution is 7.15. The molecule has 0 saturated heterocycles. The largest absolute Gasteiger partial charge is 0.491 e. The number of aromatic nitrogens is 3. The average Bonchev–Trinajstić information content (AvgIpc) is 3.22. The molecule has 2 aromatic carbocycles. The van der Waals surface area contributed by atoms with Crippen LogP contribution in [0.4, 0.5) is 5.69 Å². The van der Waals surface area contributed by atoms with Crippen LogP contribution in [0.1, 0.15) is 19.4 Å². The van der Waals surface area contributed by atoms with Crippen LogP contribution >= 0.6 is 11.3 Å². The molecule has 8 nitrogen and oxygen atoms in total. The van der Waals surface area contributed by atoms with E-state index in [2.05, 4.69) is 10.1 Å². The predicted octanol–water partition coefficient (Wildman–Crippen LogP) is 3.06. The Balaban J connectivity index is 1.68. The van der Waals surface area contributed by atoms with Gasteiger partial charge in [0, 0.05) is 17.7 Å². The van der Waals surface area contributed by atoms with Crippen molar-refractivity contribution in [2.45, 2.75) is 20.0 Å². The van der Waals surface area contributed by atoms with Crippen molar-refractivity contribution < 1.29 is 9.66 Å². The van der Waals surface area contributed by atoms with Gasteiger partial charge in [-0.15, -0.1) is 5.10 Å². The molecular formula is C20H16N4O4S. The van der Waals surface area contributed by atoms with Gasteiger partial charge in [0.1, 0.15) is 5.75 Å². The minimum absolute atomic E-state index is 0.0298. The normalized spacial score (nSPS) is 12.0. The monoisotopic (exact) mass is 408 g/mol. The number of nitrogens with zero attached hydrogens (tertiary/aromatic N) is 4. The summed E-state index contributed by atoms with van der Waals surface area (Å²) < 4.78 is 7.28. The van der Waals surface area contributed by atoms with Crippen molar-refractivity contribution in [3.63, 3.8) is 0 Å². The minimum atomic E-state index is -0.470. The third kappa shape index (κ3) is 3.85. The molecule has 29 heavy (non-hydrogen) atoms. The van der Waals surface area contributed by atoms with Gasteiger partial charge >= 0.3 is 0 Å². The molecule has 0 amide bonds. The van der Waals surface area contributed by atoms with E-state index in [9.17, 15) is 14.9 Å². The van der Waals surface area contributed by atoms with Crippen molar-refractivity contribution in [3.05, 3.63) is 79.1 Å². The molecule has 0 saturated carbocycles. The molecule has 4 aromatic rings. The Kier molecular flexibility index (Phi) is 4.81. The van der Waals surface area contributed by atoms with Crippen LogP contribution in [0.2, 0.25) is 0 Å². The lowest BCUT2D eigenvalue weighted by Gasteiger charge is -2.09. The summed E-state index contributed by atoms with van der Waals surface area (Å²) in [4.78, 5) is 28.0. The smallest absolute Gasteiger partial charge is 0.291 e. The quantitative estimate of drug-likeness (QED) is 0.372. The third-order valence-corrected chi connectivity index (χ3v) is 5.00. The molecule has 0 N–H and O–H groups in total. The zero-order valence-electron chi connectivity index (χ0n) is 15.6. The number of hydrogen-bond acceptors (Lipinski definition) is 7. The van der Waals surface area contributed by atoms with Gasteiger partial charge in [-0.2, -0.15) is 9.50 Å². The van der Waals surface area contributed by atoms with E-state index in [4.69, 9.17) is 4.74 Å². The summed E-state index contributed by atoms with van der Waals surface area (Å²) in [6.45, 7) is 3.91. The molecule has 146 valence electrons. The molecule has 0 spiro atoms. The van der Waals surface area contributed by atoms with E-state index < -0.39 is 4.92 Å². The van der Waals surface area contributed by atoms with Gasteiger partial charge in [-0.1, -0.05) is 23.5 Å². The topological polar surface area (TPSA) is 99.6 Å². The SMILES string of the molecule is CC(C)Oc1ccc(-c2nc3s/c(=C/c4cccc([N+](=O)[O-])c4)c(=O)n3n2)cc1. The maximum Gasteiger partial charge on any atom is 0.291 e. The molecule has 0 bridgehead atoms. The molecule has 0 unspecified atom stereocenters. The molecular weight excluding hydrogens is 392 g/mol. The number of nitro benzene ring substituents is 1. The highest BCUT2D eigenvalue weighted by Crippen LogP contribution is 2.21. The second-order valence-electron chi connectivity index (χ2n) is 6.59. The van der Waals surface area contributed by atoms with Gasteiger partial charge < -0.3 is 4.74 Å². The maximum atomic E-state index is 12.7. The van der Waals surface area contributed by atoms with Crippen LogP contribution < -0.4 is 14.8 Å². The molecule has 0 radical (unpaired) electrons. The number of hydrogen-bond donors (Lipinski definition) is 0. The summed E-state index contributed by atoms with van der Waals surface area (Å²) >= 11 is 1.19. The zero-order chi connectivity index (χ0) is 20.5. The fourth-order valence-electron chi connectivity index (χ4n) is 2.79. The van der Waals surface area contributed by atoms with Gasteiger partial charge in [0.15, 0.2) is 5.82 Å². The molecule has 9 heteroatoms. The molecule has 4 rings (SSSR count). The van der Waals surface area contributed by atoms with Crippen LogP contribution in [-0.2, 0) is 0 Å². The molecule has 0 fully saturated rings. The van der Waals surface area contributed by atoms with E-state index in [-0.39, 0.29) is 17.4 Å². The van der Waals surface area contributed by atoms with Gasteiger partial charge in [-0.3, -0.25) is 14.9 Å². The second-order valence-corrected chi connectivity index (χ2v) is 7.60. The number of non-ortho nitro benzene ring substituents is 1. The van der Waals surface area contributed by atoms with Crippen LogP contribution in [0.3, 0.4) is 0 Å². The van der Waals surface area contributed by atoms with E-state index in [0.717, 1.165) is 11.3 Å². The summed E-state index contributed by atoms with van der Waals surface area (Å²) in [5.74, 6) is 1.20. The first-order chi connectivity index (χ1) is 13.9. The highest BCUT2D eigenvalue weighted by atomic mass is 32.1. The number of fused-ring (bicyclic) bond motifs is 1. The standard InChI is InChI=1S/C20H16N4O4S/c1-12(2)28-16-8-6-14(7-9-16)18-21-20-23(22-18)19(25)17(29-20)11-13-4-3-5-15(10-13)24(26)27/h3-12H,1-2H3/b17-11+. The van der Waals surface area contributed by atoms with Crippen LogP contribution in [0.25, 0.3) is 22.4 Å². The summed E-state index contributed by atoms with van der Waals surface area (Å²) in [5, 5.41) is 15.2. The van der Waals surface area contributed by atoms with Crippen molar-refractivity contribution in [3.8, 4) is 17.1 Å². The second kappa shape index (κ2) is 7.44. The van der Waals surface area contributed by atoms with E-state index in [0.29, 0.717) is 20.9 Å². The number of benzene rings is 2. The van der Waals surface area contributed by atoms with Crippen molar-refractivity contribution in [2.75, 3.05) is 0 Å². The van der Waals surface area contributed by atoms with Crippen molar-refractivity contribution in [1.29, 1.82) is 0 Å². The lowest BCUT2D eigenvalue weighted by Crippen LogP contribution is -2.23. The summed E-state index contributed by atoms with van der Waals surface area (Å²) in [7, 11) is 0. The van der Waals surface area contributed by atoms with Crippen LogP contribution in [0.5, 0.6) is 5.75 Å². The van der Waals surface area contributed by atoms with Gasteiger partial charge in [-0.25, -0.2) is 0 Å². The first-order valence-corrected chi connectivity index (χ1v) is 9.65. The van der Waals surface area contributed by atoms with Crippen LogP contribution in [-0.4, -0.2) is 25.6 Å². The molecule has 2 heterocycles. The van der Waals surface area contributed by atoms with Gasteiger partial charge in [0.2, 0.25) is 4.96 Å². The first kappa shape index (κ1) is 18.8. The average molecular weight is 408 g/mol. The number of rotatable bonds is 5. The van der Waals surface area contributed by atoms with E-state index in [1.165, 1.54) is 28.0 Å². The van der Waals surface area contributed by atoms with Gasteiger partial charge in [-0.05, 0) is 49.8 Å². The maximum absolute atomic E-state index is 12.7. The van der Waals surface area contributed by atoms with Crippen molar-refractivity contribution in [2.24, 2.45) is 0 Å². The highest BCUT2D eigenvalue weighted by Gasteiger charge is 2.13. The third-order valence-electron chi connectivity index (χ3n) is 4.04. The van der Waals surface area contributed by atoms with Crippen LogP contribution in [0, 0.1) is 10.1 Å². The summed E-state index contributed by atoms with van der Waals surface area (Å²) in [6, 6.07) is 13.5. The van der Waals surface area contributed by atoms with E-state index in [1.807, 2.05) is 38.1 Å². The van der Waals surface area contributed by atoms with Gasteiger partial charge in [0.05, 0.1) is 15.6 Å². The lowest BCUT2D eigenvalue weighted by atomic mass is 10.2.